The first kappa shape index (κ1) is 17.8. The lowest BCUT2D eigenvalue weighted by atomic mass is 10.2. The smallest absolute Gasteiger partial charge is 0.286 e. The number of thiazole rings is 1. The molecule has 3 rings (SSSR count). The molecule has 10 heteroatoms. The number of rotatable bonds is 5. The zero-order valence-electron chi connectivity index (χ0n) is 13.3. The predicted octanol–water partition coefficient (Wildman–Crippen LogP) is 0.914. The van der Waals surface area contributed by atoms with Gasteiger partial charge in [-0.2, -0.15) is 4.31 Å². The Kier molecular flexibility index (Phi) is 5.33. The summed E-state index contributed by atoms with van der Waals surface area (Å²) in [6, 6.07) is 9.11. The first-order valence-corrected chi connectivity index (χ1v) is 10.1. The summed E-state index contributed by atoms with van der Waals surface area (Å²) in [4.78, 5) is 17.8. The number of aromatic nitrogens is 1. The Labute approximate surface area is 149 Å². The Hall–Kier alpha value is -2.01. The number of benzene rings is 1. The van der Waals surface area contributed by atoms with E-state index >= 15 is 0 Å². The van der Waals surface area contributed by atoms with Crippen molar-refractivity contribution >= 4 is 32.4 Å². The quantitative estimate of drug-likeness (QED) is 0.589. The summed E-state index contributed by atoms with van der Waals surface area (Å²) in [6.07, 6.45) is 1.39. The van der Waals surface area contributed by atoms with E-state index in [9.17, 15) is 13.2 Å². The van der Waals surface area contributed by atoms with Gasteiger partial charge in [0.2, 0.25) is 10.0 Å². The molecule has 1 saturated heterocycles. The third kappa shape index (κ3) is 4.15. The van der Waals surface area contributed by atoms with Gasteiger partial charge in [-0.25, -0.2) is 18.9 Å². The van der Waals surface area contributed by atoms with Gasteiger partial charge >= 0.3 is 0 Å². The van der Waals surface area contributed by atoms with E-state index < -0.39 is 15.9 Å². The number of anilines is 1. The lowest BCUT2D eigenvalue weighted by Crippen LogP contribution is -2.49. The van der Waals surface area contributed by atoms with Crippen molar-refractivity contribution in [2.75, 3.05) is 31.1 Å². The zero-order chi connectivity index (χ0) is 17.9. The fraction of sp³-hybridized carbons (Fsp3) is 0.333. The van der Waals surface area contributed by atoms with E-state index in [1.54, 1.807) is 17.6 Å². The van der Waals surface area contributed by atoms with E-state index in [0.29, 0.717) is 36.2 Å². The van der Waals surface area contributed by atoms with Crippen LogP contribution in [0.5, 0.6) is 0 Å². The Morgan fingerprint density at radius 1 is 1.20 bits per heavy atom. The SMILES string of the molecule is O=C(NO)c1cnc(N2CCN(S(=O)(=O)Cc3ccccc3)CC2)s1. The molecule has 1 aliphatic rings. The van der Waals surface area contributed by atoms with Crippen LogP contribution in [0.3, 0.4) is 0 Å². The van der Waals surface area contributed by atoms with Gasteiger partial charge in [0.05, 0.1) is 11.9 Å². The molecule has 0 unspecified atom stereocenters. The van der Waals surface area contributed by atoms with Crippen molar-refractivity contribution in [1.82, 2.24) is 14.8 Å². The lowest BCUT2D eigenvalue weighted by Gasteiger charge is -2.33. The molecule has 25 heavy (non-hydrogen) atoms. The Balaban J connectivity index is 1.61. The molecule has 1 aromatic carbocycles. The monoisotopic (exact) mass is 382 g/mol. The third-order valence-corrected chi connectivity index (χ3v) is 6.82. The molecule has 0 saturated carbocycles. The van der Waals surface area contributed by atoms with Crippen molar-refractivity contribution in [3.63, 3.8) is 0 Å². The van der Waals surface area contributed by atoms with Crippen molar-refractivity contribution < 1.29 is 18.4 Å². The summed E-state index contributed by atoms with van der Waals surface area (Å²) in [5, 5.41) is 9.28. The van der Waals surface area contributed by atoms with Gasteiger partial charge in [0.15, 0.2) is 5.13 Å². The first-order chi connectivity index (χ1) is 12.0. The molecule has 1 amide bonds. The minimum absolute atomic E-state index is 0.00802. The molecule has 134 valence electrons. The summed E-state index contributed by atoms with van der Waals surface area (Å²) in [7, 11) is -3.36. The fourth-order valence-electron chi connectivity index (χ4n) is 2.60. The number of piperazine rings is 1. The standard InChI is InChI=1S/C15H18N4O4S2/c20-14(17-21)13-10-16-15(24-13)18-6-8-19(9-7-18)25(22,23)11-12-4-2-1-3-5-12/h1-5,10,21H,6-9,11H2,(H,17,20). The second-order valence-corrected chi connectivity index (χ2v) is 8.55. The van der Waals surface area contributed by atoms with E-state index in [2.05, 4.69) is 4.98 Å². The number of nitrogens with zero attached hydrogens (tertiary/aromatic N) is 3. The number of hydrogen-bond acceptors (Lipinski definition) is 7. The molecule has 2 N–H and O–H groups in total. The molecule has 2 heterocycles. The van der Waals surface area contributed by atoms with Crippen molar-refractivity contribution in [3.8, 4) is 0 Å². The van der Waals surface area contributed by atoms with E-state index in [0.717, 1.165) is 16.9 Å². The minimum atomic E-state index is -3.36. The number of carbonyl (C=O) groups is 1. The van der Waals surface area contributed by atoms with Crippen molar-refractivity contribution in [3.05, 3.63) is 47.0 Å². The number of hydroxylamine groups is 1. The predicted molar refractivity (Wildman–Crippen MR) is 94.2 cm³/mol. The number of hydrogen-bond donors (Lipinski definition) is 2. The largest absolute Gasteiger partial charge is 0.345 e. The highest BCUT2D eigenvalue weighted by Gasteiger charge is 2.28. The first-order valence-electron chi connectivity index (χ1n) is 7.66. The van der Waals surface area contributed by atoms with E-state index in [1.807, 2.05) is 23.1 Å². The maximum Gasteiger partial charge on any atom is 0.286 e. The molecule has 2 aromatic rings. The molecule has 1 aliphatic heterocycles. The Morgan fingerprint density at radius 3 is 2.52 bits per heavy atom. The van der Waals surface area contributed by atoms with Crippen molar-refractivity contribution in [1.29, 1.82) is 0 Å². The van der Waals surface area contributed by atoms with Crippen LogP contribution in [0.25, 0.3) is 0 Å². The summed E-state index contributed by atoms with van der Waals surface area (Å²) in [6.45, 7) is 1.75. The fourth-order valence-corrected chi connectivity index (χ4v) is 4.98. The summed E-state index contributed by atoms with van der Waals surface area (Å²) in [5.74, 6) is -0.612. The van der Waals surface area contributed by atoms with Crippen molar-refractivity contribution in [2.24, 2.45) is 0 Å². The highest BCUT2D eigenvalue weighted by atomic mass is 32.2. The molecule has 1 fully saturated rings. The molecule has 0 bridgehead atoms. The second-order valence-electron chi connectivity index (χ2n) is 5.58. The molecule has 0 spiro atoms. The molecular formula is C15H18N4O4S2. The Morgan fingerprint density at radius 2 is 1.88 bits per heavy atom. The summed E-state index contributed by atoms with van der Waals surface area (Å²) >= 11 is 1.16. The highest BCUT2D eigenvalue weighted by Crippen LogP contribution is 2.24. The minimum Gasteiger partial charge on any atom is -0.345 e. The maximum atomic E-state index is 12.5. The van der Waals surface area contributed by atoms with E-state index in [-0.39, 0.29) is 5.75 Å². The number of nitrogens with one attached hydrogen (secondary N) is 1. The van der Waals surface area contributed by atoms with Gasteiger partial charge in [-0.3, -0.25) is 10.0 Å². The van der Waals surface area contributed by atoms with Crippen LogP contribution in [-0.4, -0.2) is 55.0 Å². The van der Waals surface area contributed by atoms with Crippen LogP contribution in [0, 0.1) is 0 Å². The van der Waals surface area contributed by atoms with Crippen LogP contribution in [-0.2, 0) is 15.8 Å². The van der Waals surface area contributed by atoms with Crippen LogP contribution in [0.1, 0.15) is 15.2 Å². The molecule has 0 aliphatic carbocycles. The van der Waals surface area contributed by atoms with Gasteiger partial charge in [-0.1, -0.05) is 41.7 Å². The normalized spacial score (nSPS) is 16.0. The van der Waals surface area contributed by atoms with E-state index in [4.69, 9.17) is 5.21 Å². The zero-order valence-corrected chi connectivity index (χ0v) is 15.0. The van der Waals surface area contributed by atoms with Crippen LogP contribution >= 0.6 is 11.3 Å². The molecular weight excluding hydrogens is 364 g/mol. The lowest BCUT2D eigenvalue weighted by molar-refractivity contribution is 0.0710. The van der Waals surface area contributed by atoms with Gasteiger partial charge in [-0.15, -0.1) is 0 Å². The topological polar surface area (TPSA) is 103 Å². The average molecular weight is 382 g/mol. The van der Waals surface area contributed by atoms with Crippen LogP contribution in [0.2, 0.25) is 0 Å². The van der Waals surface area contributed by atoms with Crippen molar-refractivity contribution in [2.45, 2.75) is 5.75 Å². The van der Waals surface area contributed by atoms with Gasteiger partial charge < -0.3 is 4.90 Å². The van der Waals surface area contributed by atoms with Gasteiger partial charge in [0, 0.05) is 26.2 Å². The van der Waals surface area contributed by atoms with Gasteiger partial charge in [0.1, 0.15) is 4.88 Å². The van der Waals surface area contributed by atoms with Crippen LogP contribution in [0.15, 0.2) is 36.5 Å². The number of carbonyl (C=O) groups excluding carboxylic acids is 1. The molecule has 0 radical (unpaired) electrons. The average Bonchev–Trinajstić information content (AvgIpc) is 3.12. The van der Waals surface area contributed by atoms with E-state index in [1.165, 1.54) is 10.5 Å². The van der Waals surface area contributed by atoms with Crippen LogP contribution in [0.4, 0.5) is 5.13 Å². The van der Waals surface area contributed by atoms with Crippen LogP contribution < -0.4 is 10.4 Å². The summed E-state index contributed by atoms with van der Waals surface area (Å²) < 4.78 is 26.6. The second kappa shape index (κ2) is 7.48. The molecule has 8 nitrogen and oxygen atoms in total. The van der Waals surface area contributed by atoms with Gasteiger partial charge in [0.25, 0.3) is 5.91 Å². The molecule has 0 atom stereocenters. The Bertz CT molecular complexity index is 830. The van der Waals surface area contributed by atoms with Gasteiger partial charge in [-0.05, 0) is 5.56 Å². The highest BCUT2D eigenvalue weighted by molar-refractivity contribution is 7.88. The number of sulfonamides is 1. The summed E-state index contributed by atoms with van der Waals surface area (Å²) in [5.41, 5.74) is 2.34. The number of amides is 1. The third-order valence-electron chi connectivity index (χ3n) is 3.91. The molecule has 1 aromatic heterocycles. The maximum absolute atomic E-state index is 12.5.